The zero-order valence-corrected chi connectivity index (χ0v) is 16.9. The molecule has 1 saturated heterocycles. The van der Waals surface area contributed by atoms with Gasteiger partial charge in [-0.15, -0.1) is 0 Å². The van der Waals surface area contributed by atoms with E-state index in [0.29, 0.717) is 13.1 Å². The predicted octanol–water partition coefficient (Wildman–Crippen LogP) is 2.13. The predicted molar refractivity (Wildman–Crippen MR) is 107 cm³/mol. The van der Waals surface area contributed by atoms with Crippen LogP contribution in [0.15, 0.2) is 6.07 Å². The summed E-state index contributed by atoms with van der Waals surface area (Å²) >= 11 is 0. The van der Waals surface area contributed by atoms with Crippen LogP contribution >= 0.6 is 0 Å². The van der Waals surface area contributed by atoms with Crippen molar-refractivity contribution < 1.29 is 18.0 Å². The summed E-state index contributed by atoms with van der Waals surface area (Å²) in [5.74, 6) is -1.13. The summed E-state index contributed by atoms with van der Waals surface area (Å²) in [6.07, 6.45) is 8.75. The molecule has 0 radical (unpaired) electrons. The number of hydrogen-bond acceptors (Lipinski definition) is 4. The SMILES string of the molecule is O=C(Nc1c2c(cc3c1CCC3)CCC2)NS(=O)(=O)CC(=O)N1CCCCC1. The number of piperidine rings is 1. The Kier molecular flexibility index (Phi) is 5.31. The van der Waals surface area contributed by atoms with Crippen LogP contribution in [0.5, 0.6) is 0 Å². The molecule has 0 unspecified atom stereocenters. The molecule has 0 saturated carbocycles. The number of urea groups is 1. The van der Waals surface area contributed by atoms with Crippen LogP contribution in [0, 0.1) is 0 Å². The molecule has 28 heavy (non-hydrogen) atoms. The monoisotopic (exact) mass is 405 g/mol. The van der Waals surface area contributed by atoms with E-state index in [1.807, 2.05) is 4.72 Å². The van der Waals surface area contributed by atoms with Crippen LogP contribution in [-0.2, 0) is 40.5 Å². The van der Waals surface area contributed by atoms with Crippen LogP contribution in [0.3, 0.4) is 0 Å². The first-order valence-corrected chi connectivity index (χ1v) is 11.8. The molecule has 2 N–H and O–H groups in total. The molecule has 1 aromatic rings. The molecule has 0 bridgehead atoms. The topological polar surface area (TPSA) is 95.6 Å². The number of carbonyl (C=O) groups excluding carboxylic acids is 2. The zero-order chi connectivity index (χ0) is 19.7. The zero-order valence-electron chi connectivity index (χ0n) is 16.1. The van der Waals surface area contributed by atoms with E-state index in [-0.39, 0.29) is 0 Å². The van der Waals surface area contributed by atoms with E-state index >= 15 is 0 Å². The normalized spacial score (nSPS) is 18.5. The molecule has 0 spiro atoms. The van der Waals surface area contributed by atoms with Crippen molar-refractivity contribution in [3.05, 3.63) is 28.3 Å². The number of sulfonamides is 1. The van der Waals surface area contributed by atoms with E-state index in [0.717, 1.165) is 74.6 Å². The molecule has 4 rings (SSSR count). The number of fused-ring (bicyclic) bond motifs is 2. The molecule has 8 heteroatoms. The third kappa shape index (κ3) is 4.01. The standard InChI is InChI=1S/C20H27N3O4S/c24-18(23-10-2-1-3-11-23)13-28(26,27)22-20(25)21-19-16-8-4-6-14(16)12-15-7-5-9-17(15)19/h12H,1-11,13H2,(H2,21,22,25). The highest BCUT2D eigenvalue weighted by molar-refractivity contribution is 7.90. The molecule has 7 nitrogen and oxygen atoms in total. The van der Waals surface area contributed by atoms with Crippen molar-refractivity contribution >= 4 is 27.6 Å². The largest absolute Gasteiger partial charge is 0.342 e. The smallest absolute Gasteiger partial charge is 0.332 e. The van der Waals surface area contributed by atoms with Crippen LogP contribution in [0.1, 0.15) is 54.4 Å². The fourth-order valence-corrected chi connectivity index (χ4v) is 5.59. The molecule has 3 amide bonds. The van der Waals surface area contributed by atoms with Gasteiger partial charge in [0.15, 0.2) is 0 Å². The van der Waals surface area contributed by atoms with Crippen molar-refractivity contribution in [2.75, 3.05) is 24.2 Å². The van der Waals surface area contributed by atoms with Crippen LogP contribution in [0.4, 0.5) is 10.5 Å². The number of carbonyl (C=O) groups is 2. The van der Waals surface area contributed by atoms with E-state index in [4.69, 9.17) is 0 Å². The summed E-state index contributed by atoms with van der Waals surface area (Å²) in [6.45, 7) is 1.17. The van der Waals surface area contributed by atoms with Gasteiger partial charge < -0.3 is 10.2 Å². The summed E-state index contributed by atoms with van der Waals surface area (Å²) in [7, 11) is -4.03. The van der Waals surface area contributed by atoms with Crippen molar-refractivity contribution in [3.63, 3.8) is 0 Å². The number of likely N-dealkylation sites (tertiary alicyclic amines) is 1. The van der Waals surface area contributed by atoms with Crippen LogP contribution < -0.4 is 10.0 Å². The van der Waals surface area contributed by atoms with Gasteiger partial charge in [-0.3, -0.25) is 4.79 Å². The lowest BCUT2D eigenvalue weighted by atomic mass is 9.99. The van der Waals surface area contributed by atoms with E-state index in [2.05, 4.69) is 11.4 Å². The van der Waals surface area contributed by atoms with Gasteiger partial charge in [0.25, 0.3) is 0 Å². The van der Waals surface area contributed by atoms with Gasteiger partial charge >= 0.3 is 6.03 Å². The number of nitrogens with one attached hydrogen (secondary N) is 2. The second-order valence-electron chi connectivity index (χ2n) is 7.99. The highest BCUT2D eigenvalue weighted by atomic mass is 32.2. The first-order valence-electron chi connectivity index (χ1n) is 10.2. The Morgan fingerprint density at radius 3 is 2.11 bits per heavy atom. The molecular formula is C20H27N3O4S. The van der Waals surface area contributed by atoms with E-state index in [9.17, 15) is 18.0 Å². The fourth-order valence-electron chi connectivity index (χ4n) is 4.68. The van der Waals surface area contributed by atoms with E-state index in [1.54, 1.807) is 4.90 Å². The quantitative estimate of drug-likeness (QED) is 0.802. The Balaban J connectivity index is 1.44. The lowest BCUT2D eigenvalue weighted by Crippen LogP contribution is -2.44. The summed E-state index contributed by atoms with van der Waals surface area (Å²) in [5.41, 5.74) is 5.59. The number of anilines is 1. The minimum absolute atomic E-state index is 0.443. The number of rotatable bonds is 4. The maximum absolute atomic E-state index is 12.5. The molecule has 2 aliphatic carbocycles. The lowest BCUT2D eigenvalue weighted by Gasteiger charge is -2.26. The van der Waals surface area contributed by atoms with Gasteiger partial charge in [-0.1, -0.05) is 6.07 Å². The van der Waals surface area contributed by atoms with Gasteiger partial charge in [-0.2, -0.15) is 0 Å². The molecule has 1 aromatic carbocycles. The van der Waals surface area contributed by atoms with Crippen molar-refractivity contribution in [2.45, 2.75) is 57.8 Å². The summed E-state index contributed by atoms with van der Waals surface area (Å²) < 4.78 is 26.7. The molecule has 3 aliphatic rings. The maximum Gasteiger partial charge on any atom is 0.332 e. The average molecular weight is 406 g/mol. The molecule has 1 fully saturated rings. The Labute approximate surface area is 165 Å². The van der Waals surface area contributed by atoms with Crippen LogP contribution in [0.25, 0.3) is 0 Å². The van der Waals surface area contributed by atoms with Crippen molar-refractivity contribution in [1.82, 2.24) is 9.62 Å². The second kappa shape index (κ2) is 7.73. The third-order valence-electron chi connectivity index (χ3n) is 5.98. The molecule has 1 heterocycles. The van der Waals surface area contributed by atoms with Gasteiger partial charge in [-0.05, 0) is 80.0 Å². The highest BCUT2D eigenvalue weighted by Crippen LogP contribution is 2.38. The van der Waals surface area contributed by atoms with Gasteiger partial charge in [0.1, 0.15) is 5.75 Å². The van der Waals surface area contributed by atoms with Crippen molar-refractivity contribution in [2.24, 2.45) is 0 Å². The second-order valence-corrected chi connectivity index (χ2v) is 9.71. The van der Waals surface area contributed by atoms with Gasteiger partial charge in [0.2, 0.25) is 15.9 Å². The van der Waals surface area contributed by atoms with Crippen LogP contribution in [-0.4, -0.2) is 44.1 Å². The Morgan fingerprint density at radius 1 is 0.893 bits per heavy atom. The number of nitrogens with zero attached hydrogens (tertiary/aromatic N) is 1. The van der Waals surface area contributed by atoms with Crippen molar-refractivity contribution in [3.8, 4) is 0 Å². The minimum atomic E-state index is -4.03. The number of aryl methyl sites for hydroxylation is 2. The average Bonchev–Trinajstić information content (AvgIpc) is 3.30. The fraction of sp³-hybridized carbons (Fsp3) is 0.600. The van der Waals surface area contributed by atoms with E-state index < -0.39 is 27.7 Å². The number of benzene rings is 1. The Morgan fingerprint density at radius 2 is 1.50 bits per heavy atom. The first kappa shape index (κ1) is 19.2. The lowest BCUT2D eigenvalue weighted by molar-refractivity contribution is -0.129. The molecular weight excluding hydrogens is 378 g/mol. The van der Waals surface area contributed by atoms with E-state index in [1.165, 1.54) is 11.1 Å². The summed E-state index contributed by atoms with van der Waals surface area (Å²) in [6, 6.07) is 1.47. The van der Waals surface area contributed by atoms with Gasteiger partial charge in [0, 0.05) is 18.8 Å². The summed E-state index contributed by atoms with van der Waals surface area (Å²) in [4.78, 5) is 26.3. The third-order valence-corrected chi connectivity index (χ3v) is 7.11. The molecule has 1 aliphatic heterocycles. The van der Waals surface area contributed by atoms with Crippen molar-refractivity contribution in [1.29, 1.82) is 0 Å². The maximum atomic E-state index is 12.5. The molecule has 0 aromatic heterocycles. The minimum Gasteiger partial charge on any atom is -0.342 e. The van der Waals surface area contributed by atoms with Gasteiger partial charge in [0.05, 0.1) is 0 Å². The Bertz CT molecular complexity index is 872. The molecule has 0 atom stereocenters. The number of amides is 3. The summed E-state index contributed by atoms with van der Waals surface area (Å²) in [5, 5.41) is 2.80. The first-order chi connectivity index (χ1) is 13.4. The number of hydrogen-bond donors (Lipinski definition) is 2. The molecule has 152 valence electrons. The Hall–Kier alpha value is -2.09. The van der Waals surface area contributed by atoms with Crippen LogP contribution in [0.2, 0.25) is 0 Å². The highest BCUT2D eigenvalue weighted by Gasteiger charge is 2.27. The van der Waals surface area contributed by atoms with Gasteiger partial charge in [-0.25, -0.2) is 17.9 Å².